The van der Waals surface area contributed by atoms with Crippen LogP contribution in [0.5, 0.6) is 0 Å². The molecule has 3 N–H and O–H groups in total. The SMILES string of the molecule is CO[C@@H]1CCC[C@@H](NC(=O)C(C)(C)NC(=O)c2ccc(F)cc2)[C@H]1O. The molecule has 6 nitrogen and oxygen atoms in total. The summed E-state index contributed by atoms with van der Waals surface area (Å²) in [6.07, 6.45) is 1.13. The molecule has 0 radical (unpaired) electrons. The van der Waals surface area contributed by atoms with Crippen LogP contribution in [0.2, 0.25) is 0 Å². The van der Waals surface area contributed by atoms with Gasteiger partial charge >= 0.3 is 0 Å². The molecule has 1 aliphatic rings. The molecule has 0 aromatic heterocycles. The minimum Gasteiger partial charge on any atom is -0.388 e. The summed E-state index contributed by atoms with van der Waals surface area (Å²) < 4.78 is 18.2. The first kappa shape index (κ1) is 19.3. The first-order valence-corrected chi connectivity index (χ1v) is 8.34. The molecule has 0 heterocycles. The van der Waals surface area contributed by atoms with Crippen molar-refractivity contribution in [1.29, 1.82) is 0 Å². The van der Waals surface area contributed by atoms with Crippen molar-refractivity contribution in [3.63, 3.8) is 0 Å². The Bertz CT molecular complexity index is 618. The van der Waals surface area contributed by atoms with Gasteiger partial charge in [0.2, 0.25) is 5.91 Å². The maximum atomic E-state index is 12.9. The van der Waals surface area contributed by atoms with Crippen molar-refractivity contribution in [3.05, 3.63) is 35.6 Å². The Morgan fingerprint density at radius 2 is 1.88 bits per heavy atom. The van der Waals surface area contributed by atoms with E-state index in [4.69, 9.17) is 4.74 Å². The zero-order chi connectivity index (χ0) is 18.6. The fraction of sp³-hybridized carbons (Fsp3) is 0.556. The monoisotopic (exact) mass is 352 g/mol. The number of hydrogen-bond acceptors (Lipinski definition) is 4. The summed E-state index contributed by atoms with van der Waals surface area (Å²) >= 11 is 0. The van der Waals surface area contributed by atoms with Crippen molar-refractivity contribution >= 4 is 11.8 Å². The van der Waals surface area contributed by atoms with Crippen LogP contribution in [-0.4, -0.2) is 47.8 Å². The Hall–Kier alpha value is -1.99. The minimum absolute atomic E-state index is 0.263. The normalized spacial score (nSPS) is 23.8. The van der Waals surface area contributed by atoms with E-state index in [0.29, 0.717) is 6.42 Å². The van der Waals surface area contributed by atoms with Crippen molar-refractivity contribution in [2.45, 2.75) is 56.9 Å². The van der Waals surface area contributed by atoms with E-state index in [1.807, 2.05) is 0 Å². The molecule has 1 saturated carbocycles. The third-order valence-corrected chi connectivity index (χ3v) is 4.52. The van der Waals surface area contributed by atoms with Gasteiger partial charge in [0.25, 0.3) is 5.91 Å². The molecule has 7 heteroatoms. The molecule has 0 bridgehead atoms. The van der Waals surface area contributed by atoms with E-state index in [2.05, 4.69) is 10.6 Å². The van der Waals surface area contributed by atoms with Gasteiger partial charge in [0.15, 0.2) is 0 Å². The number of aliphatic hydroxyl groups is 1. The van der Waals surface area contributed by atoms with Gasteiger partial charge in [-0.3, -0.25) is 9.59 Å². The van der Waals surface area contributed by atoms with Crippen LogP contribution >= 0.6 is 0 Å². The topological polar surface area (TPSA) is 87.7 Å². The molecular weight excluding hydrogens is 327 g/mol. The van der Waals surface area contributed by atoms with Gasteiger partial charge in [-0.2, -0.15) is 0 Å². The fourth-order valence-electron chi connectivity index (χ4n) is 2.92. The van der Waals surface area contributed by atoms with Crippen LogP contribution in [0.3, 0.4) is 0 Å². The van der Waals surface area contributed by atoms with Gasteiger partial charge in [0.05, 0.1) is 12.1 Å². The largest absolute Gasteiger partial charge is 0.388 e. The van der Waals surface area contributed by atoms with Crippen molar-refractivity contribution in [3.8, 4) is 0 Å². The second-order valence-corrected chi connectivity index (χ2v) is 6.86. The lowest BCUT2D eigenvalue weighted by Crippen LogP contribution is -2.60. The second-order valence-electron chi connectivity index (χ2n) is 6.86. The van der Waals surface area contributed by atoms with E-state index >= 15 is 0 Å². The predicted molar refractivity (Wildman–Crippen MR) is 90.5 cm³/mol. The number of rotatable bonds is 5. The Labute approximate surface area is 146 Å². The van der Waals surface area contributed by atoms with E-state index in [-0.39, 0.29) is 11.7 Å². The van der Waals surface area contributed by atoms with E-state index in [0.717, 1.165) is 12.8 Å². The summed E-state index contributed by atoms with van der Waals surface area (Å²) in [5.41, 5.74) is -0.926. The lowest BCUT2D eigenvalue weighted by Gasteiger charge is -2.36. The van der Waals surface area contributed by atoms with Crippen molar-refractivity contribution in [2.75, 3.05) is 7.11 Å². The van der Waals surface area contributed by atoms with Crippen LogP contribution in [0.1, 0.15) is 43.5 Å². The Balaban J connectivity index is 1.99. The molecule has 1 aliphatic carbocycles. The highest BCUT2D eigenvalue weighted by atomic mass is 19.1. The van der Waals surface area contributed by atoms with E-state index in [1.54, 1.807) is 13.8 Å². The fourth-order valence-corrected chi connectivity index (χ4v) is 2.92. The molecule has 25 heavy (non-hydrogen) atoms. The molecule has 0 spiro atoms. The van der Waals surface area contributed by atoms with Gasteiger partial charge in [-0.05, 0) is 57.4 Å². The third-order valence-electron chi connectivity index (χ3n) is 4.52. The average Bonchev–Trinajstić information content (AvgIpc) is 2.56. The zero-order valence-corrected chi connectivity index (χ0v) is 14.7. The number of nitrogens with one attached hydrogen (secondary N) is 2. The molecule has 0 saturated heterocycles. The van der Waals surface area contributed by atoms with Crippen LogP contribution < -0.4 is 10.6 Å². The van der Waals surface area contributed by atoms with E-state index in [9.17, 15) is 19.1 Å². The Morgan fingerprint density at radius 1 is 1.24 bits per heavy atom. The summed E-state index contributed by atoms with van der Waals surface area (Å²) in [4.78, 5) is 24.8. The van der Waals surface area contributed by atoms with Crippen molar-refractivity contribution in [1.82, 2.24) is 10.6 Å². The number of benzene rings is 1. The van der Waals surface area contributed by atoms with Crippen LogP contribution in [0.25, 0.3) is 0 Å². The van der Waals surface area contributed by atoms with Crippen LogP contribution in [-0.2, 0) is 9.53 Å². The summed E-state index contributed by atoms with van der Waals surface area (Å²) in [5.74, 6) is -1.31. The number of methoxy groups -OCH3 is 1. The highest BCUT2D eigenvalue weighted by Gasteiger charge is 2.37. The lowest BCUT2D eigenvalue weighted by atomic mass is 9.89. The maximum Gasteiger partial charge on any atom is 0.252 e. The highest BCUT2D eigenvalue weighted by molar-refractivity contribution is 5.98. The Morgan fingerprint density at radius 3 is 2.48 bits per heavy atom. The van der Waals surface area contributed by atoms with Crippen LogP contribution in [0.15, 0.2) is 24.3 Å². The number of hydrogen-bond donors (Lipinski definition) is 3. The standard InChI is InChI=1S/C18H25FN2O4/c1-18(2,21-16(23)11-7-9-12(19)10-8-11)17(24)20-13-5-4-6-14(25-3)15(13)22/h7-10,13-15,22H,4-6H2,1-3H3,(H,20,24)(H,21,23)/t13-,14-,15-/m1/s1. The molecule has 3 atom stereocenters. The maximum absolute atomic E-state index is 12.9. The van der Waals surface area contributed by atoms with Gasteiger partial charge in [0, 0.05) is 12.7 Å². The van der Waals surface area contributed by atoms with Gasteiger partial charge in [-0.1, -0.05) is 0 Å². The van der Waals surface area contributed by atoms with E-state index in [1.165, 1.54) is 31.4 Å². The molecule has 138 valence electrons. The van der Waals surface area contributed by atoms with E-state index < -0.39 is 35.3 Å². The zero-order valence-electron chi connectivity index (χ0n) is 14.7. The molecular formula is C18H25FN2O4. The first-order valence-electron chi connectivity index (χ1n) is 8.34. The number of carbonyl (C=O) groups is 2. The Kier molecular flexibility index (Phi) is 6.13. The molecule has 2 rings (SSSR count). The number of aliphatic hydroxyl groups excluding tert-OH is 1. The van der Waals surface area contributed by atoms with Crippen LogP contribution in [0, 0.1) is 5.82 Å². The molecule has 1 aromatic rings. The second kappa shape index (κ2) is 7.93. The molecule has 0 aliphatic heterocycles. The van der Waals surface area contributed by atoms with Crippen LogP contribution in [0.4, 0.5) is 4.39 Å². The highest BCUT2D eigenvalue weighted by Crippen LogP contribution is 2.22. The summed E-state index contributed by atoms with van der Waals surface area (Å²) in [6, 6.07) is 4.66. The van der Waals surface area contributed by atoms with Crippen molar-refractivity contribution < 1.29 is 23.8 Å². The van der Waals surface area contributed by atoms with Gasteiger partial charge < -0.3 is 20.5 Å². The quantitative estimate of drug-likeness (QED) is 0.747. The lowest BCUT2D eigenvalue weighted by molar-refractivity contribution is -0.129. The van der Waals surface area contributed by atoms with Gasteiger partial charge in [-0.15, -0.1) is 0 Å². The third kappa shape index (κ3) is 4.76. The average molecular weight is 352 g/mol. The summed E-state index contributed by atoms with van der Waals surface area (Å²) in [7, 11) is 1.53. The number of carbonyl (C=O) groups excluding carboxylic acids is 2. The molecule has 2 amide bonds. The number of ether oxygens (including phenoxy) is 1. The summed E-state index contributed by atoms with van der Waals surface area (Å²) in [6.45, 7) is 3.15. The number of amides is 2. The smallest absolute Gasteiger partial charge is 0.252 e. The number of halogens is 1. The molecule has 1 fully saturated rings. The first-order chi connectivity index (χ1) is 11.7. The van der Waals surface area contributed by atoms with Gasteiger partial charge in [0.1, 0.15) is 17.5 Å². The molecule has 1 aromatic carbocycles. The van der Waals surface area contributed by atoms with Gasteiger partial charge in [-0.25, -0.2) is 4.39 Å². The van der Waals surface area contributed by atoms with Crippen molar-refractivity contribution in [2.24, 2.45) is 0 Å². The summed E-state index contributed by atoms with van der Waals surface area (Å²) in [5, 5.41) is 15.7. The molecule has 0 unspecified atom stereocenters. The minimum atomic E-state index is -1.19. The predicted octanol–water partition coefficient (Wildman–Crippen LogP) is 1.38.